The number of hydrogen-bond donors (Lipinski definition) is 3. The van der Waals surface area contributed by atoms with Crippen LogP contribution in [0, 0.1) is 0 Å². The second kappa shape index (κ2) is 8.47. The molecule has 24 heavy (non-hydrogen) atoms. The molecule has 0 aliphatic carbocycles. The van der Waals surface area contributed by atoms with Crippen molar-refractivity contribution < 1.29 is 9.53 Å². The lowest BCUT2D eigenvalue weighted by Crippen LogP contribution is -2.43. The van der Waals surface area contributed by atoms with Crippen molar-refractivity contribution in [2.24, 2.45) is 0 Å². The summed E-state index contributed by atoms with van der Waals surface area (Å²) in [5.74, 6) is 0. The highest BCUT2D eigenvalue weighted by atomic mass is 16.5. The highest BCUT2D eigenvalue weighted by molar-refractivity contribution is 5.89. The molecule has 1 unspecified atom stereocenters. The fourth-order valence-electron chi connectivity index (χ4n) is 2.75. The van der Waals surface area contributed by atoms with Gasteiger partial charge in [-0.05, 0) is 18.6 Å². The number of urea groups is 1. The molecule has 1 saturated heterocycles. The first kappa shape index (κ1) is 16.5. The minimum atomic E-state index is -0.189. The molecule has 0 saturated carbocycles. The number of aromatic amines is 1. The topological polar surface area (TPSA) is 82.3 Å². The number of ether oxygens (including phenoxy) is 1. The Morgan fingerprint density at radius 2 is 2.25 bits per heavy atom. The van der Waals surface area contributed by atoms with E-state index in [9.17, 15) is 4.79 Å². The van der Waals surface area contributed by atoms with E-state index in [2.05, 4.69) is 25.5 Å². The van der Waals surface area contributed by atoms with Gasteiger partial charge in [0, 0.05) is 43.8 Å². The van der Waals surface area contributed by atoms with Crippen LogP contribution < -0.4 is 10.6 Å². The summed E-state index contributed by atoms with van der Waals surface area (Å²) in [7, 11) is 0. The third kappa shape index (κ3) is 5.07. The number of morpholine rings is 1. The highest BCUT2D eigenvalue weighted by Crippen LogP contribution is 2.11. The zero-order valence-electron chi connectivity index (χ0n) is 13.6. The molecule has 128 valence electrons. The molecule has 0 radical (unpaired) electrons. The van der Waals surface area contributed by atoms with E-state index in [1.165, 1.54) is 0 Å². The van der Waals surface area contributed by atoms with Gasteiger partial charge in [-0.3, -0.25) is 4.90 Å². The van der Waals surface area contributed by atoms with E-state index in [-0.39, 0.29) is 12.1 Å². The van der Waals surface area contributed by atoms with Crippen LogP contribution in [0.4, 0.5) is 10.5 Å². The molecule has 1 aliphatic heterocycles. The lowest BCUT2D eigenvalue weighted by atomic mass is 10.2. The first-order valence-corrected chi connectivity index (χ1v) is 8.21. The molecule has 1 aliphatic rings. The predicted octanol–water partition coefficient (Wildman–Crippen LogP) is 1.82. The second-order valence-electron chi connectivity index (χ2n) is 5.84. The number of nitrogens with one attached hydrogen (secondary N) is 3. The van der Waals surface area contributed by atoms with E-state index in [1.54, 1.807) is 6.33 Å². The summed E-state index contributed by atoms with van der Waals surface area (Å²) >= 11 is 0. The van der Waals surface area contributed by atoms with Crippen LogP contribution in [0.25, 0.3) is 0 Å². The molecule has 0 spiro atoms. The summed E-state index contributed by atoms with van der Waals surface area (Å²) in [6.07, 6.45) is 4.48. The van der Waals surface area contributed by atoms with Crippen molar-refractivity contribution in [3.63, 3.8) is 0 Å². The average Bonchev–Trinajstić information content (AvgIpc) is 3.09. The quantitative estimate of drug-likeness (QED) is 0.755. The van der Waals surface area contributed by atoms with Crippen molar-refractivity contribution in [2.75, 3.05) is 31.6 Å². The molecule has 7 heteroatoms. The molecular weight excluding hydrogens is 306 g/mol. The van der Waals surface area contributed by atoms with Gasteiger partial charge >= 0.3 is 6.03 Å². The largest absolute Gasteiger partial charge is 0.375 e. The molecule has 3 N–H and O–H groups in total. The molecular formula is C17H23N5O2. The first-order chi connectivity index (χ1) is 11.8. The number of carbonyl (C=O) groups is 1. The molecule has 2 aromatic rings. The number of para-hydroxylation sites is 1. The highest BCUT2D eigenvalue weighted by Gasteiger charge is 2.20. The van der Waals surface area contributed by atoms with Gasteiger partial charge in [0.15, 0.2) is 0 Å². The first-order valence-electron chi connectivity index (χ1n) is 8.21. The summed E-state index contributed by atoms with van der Waals surface area (Å²) < 4.78 is 5.79. The Labute approximate surface area is 141 Å². The molecule has 7 nitrogen and oxygen atoms in total. The van der Waals surface area contributed by atoms with Crippen molar-refractivity contribution in [3.05, 3.63) is 48.5 Å². The standard InChI is InChI=1S/C17H23N5O2/c23-17(21-14-4-2-1-3-5-14)19-7-6-16-12-22(8-9-24-16)11-15-10-18-13-20-15/h1-5,10,13,16H,6-9,11-12H2,(H,18,20)(H2,19,21,23). The van der Waals surface area contributed by atoms with Gasteiger partial charge in [-0.25, -0.2) is 9.78 Å². The Kier molecular flexibility index (Phi) is 5.81. The smallest absolute Gasteiger partial charge is 0.319 e. The Bertz CT molecular complexity index is 617. The van der Waals surface area contributed by atoms with Crippen LogP contribution in [0.5, 0.6) is 0 Å². The van der Waals surface area contributed by atoms with Gasteiger partial charge in [0.05, 0.1) is 19.0 Å². The molecule has 3 rings (SSSR count). The minimum Gasteiger partial charge on any atom is -0.375 e. The number of imidazole rings is 1. The van der Waals surface area contributed by atoms with Gasteiger partial charge in [0.1, 0.15) is 0 Å². The molecule has 1 aromatic carbocycles. The lowest BCUT2D eigenvalue weighted by Gasteiger charge is -2.32. The van der Waals surface area contributed by atoms with Crippen molar-refractivity contribution in [3.8, 4) is 0 Å². The van der Waals surface area contributed by atoms with E-state index < -0.39 is 0 Å². The minimum absolute atomic E-state index is 0.138. The zero-order valence-corrected chi connectivity index (χ0v) is 13.6. The number of aromatic nitrogens is 2. The number of amides is 2. The van der Waals surface area contributed by atoms with Gasteiger partial charge in [-0.2, -0.15) is 0 Å². The maximum atomic E-state index is 11.8. The SMILES string of the molecule is O=C(NCCC1CN(Cc2cnc[nH]2)CCO1)Nc1ccccc1. The van der Waals surface area contributed by atoms with Crippen molar-refractivity contribution in [1.29, 1.82) is 0 Å². The van der Waals surface area contributed by atoms with Gasteiger partial charge in [-0.1, -0.05) is 18.2 Å². The number of hydrogen-bond acceptors (Lipinski definition) is 4. The van der Waals surface area contributed by atoms with Gasteiger partial charge < -0.3 is 20.4 Å². The average molecular weight is 329 g/mol. The predicted molar refractivity (Wildman–Crippen MR) is 91.7 cm³/mol. The second-order valence-corrected chi connectivity index (χ2v) is 5.84. The fourth-order valence-corrected chi connectivity index (χ4v) is 2.75. The Hall–Kier alpha value is -2.38. The number of nitrogens with zero attached hydrogens (tertiary/aromatic N) is 2. The van der Waals surface area contributed by atoms with Gasteiger partial charge in [0.25, 0.3) is 0 Å². The van der Waals surface area contributed by atoms with Crippen LogP contribution in [0.3, 0.4) is 0 Å². The molecule has 1 fully saturated rings. The Morgan fingerprint density at radius 1 is 1.38 bits per heavy atom. The van der Waals surface area contributed by atoms with Crippen molar-refractivity contribution in [1.82, 2.24) is 20.2 Å². The van der Waals surface area contributed by atoms with Gasteiger partial charge in [-0.15, -0.1) is 0 Å². The Morgan fingerprint density at radius 3 is 3.04 bits per heavy atom. The molecule has 2 heterocycles. The van der Waals surface area contributed by atoms with Gasteiger partial charge in [0.2, 0.25) is 0 Å². The van der Waals surface area contributed by atoms with E-state index in [1.807, 2.05) is 36.5 Å². The maximum Gasteiger partial charge on any atom is 0.319 e. The number of benzene rings is 1. The van der Waals surface area contributed by atoms with Crippen molar-refractivity contribution >= 4 is 11.7 Å². The third-order valence-electron chi connectivity index (χ3n) is 3.96. The number of anilines is 1. The van der Waals surface area contributed by atoms with Crippen LogP contribution >= 0.6 is 0 Å². The van der Waals surface area contributed by atoms with E-state index >= 15 is 0 Å². The zero-order chi connectivity index (χ0) is 16.6. The summed E-state index contributed by atoms with van der Waals surface area (Å²) in [6.45, 7) is 3.93. The van der Waals surface area contributed by atoms with Crippen LogP contribution in [-0.4, -0.2) is 53.2 Å². The fraction of sp³-hybridized carbons (Fsp3) is 0.412. The maximum absolute atomic E-state index is 11.8. The van der Waals surface area contributed by atoms with Crippen LogP contribution in [0.1, 0.15) is 12.1 Å². The van der Waals surface area contributed by atoms with E-state index in [0.29, 0.717) is 6.54 Å². The number of H-pyrrole nitrogens is 1. The molecule has 1 atom stereocenters. The molecule has 2 amide bonds. The summed E-state index contributed by atoms with van der Waals surface area (Å²) in [5.41, 5.74) is 1.89. The lowest BCUT2D eigenvalue weighted by molar-refractivity contribution is -0.0343. The van der Waals surface area contributed by atoms with Crippen LogP contribution in [0.2, 0.25) is 0 Å². The Balaban J connectivity index is 1.36. The number of carbonyl (C=O) groups excluding carboxylic acids is 1. The van der Waals surface area contributed by atoms with Crippen LogP contribution in [-0.2, 0) is 11.3 Å². The summed E-state index contributed by atoms with van der Waals surface area (Å²) in [4.78, 5) is 21.3. The summed E-state index contributed by atoms with van der Waals surface area (Å²) in [6, 6.07) is 9.22. The third-order valence-corrected chi connectivity index (χ3v) is 3.96. The molecule has 0 bridgehead atoms. The van der Waals surface area contributed by atoms with E-state index in [4.69, 9.17) is 4.74 Å². The molecule has 1 aromatic heterocycles. The van der Waals surface area contributed by atoms with Crippen molar-refractivity contribution in [2.45, 2.75) is 19.1 Å². The summed E-state index contributed by atoms with van der Waals surface area (Å²) in [5, 5.41) is 5.68. The normalized spacial score (nSPS) is 18.2. The monoisotopic (exact) mass is 329 g/mol. The van der Waals surface area contributed by atoms with E-state index in [0.717, 1.165) is 44.0 Å². The number of rotatable bonds is 6. The van der Waals surface area contributed by atoms with Crippen LogP contribution in [0.15, 0.2) is 42.9 Å².